The van der Waals surface area contributed by atoms with E-state index in [0.29, 0.717) is 29.2 Å². The third-order valence-corrected chi connectivity index (χ3v) is 7.04. The predicted octanol–water partition coefficient (Wildman–Crippen LogP) is 7.57. The maximum Gasteiger partial charge on any atom is 0.166 e. The maximum absolute atomic E-state index is 15.0. The molecule has 0 radical (unpaired) electrons. The van der Waals surface area contributed by atoms with Gasteiger partial charge in [0.15, 0.2) is 11.6 Å². The van der Waals surface area contributed by atoms with Crippen LogP contribution < -0.4 is 0 Å². The van der Waals surface area contributed by atoms with Gasteiger partial charge in [-0.2, -0.15) is 0 Å². The van der Waals surface area contributed by atoms with Gasteiger partial charge in [-0.15, -0.1) is 0 Å². The second-order valence-corrected chi connectivity index (χ2v) is 9.14. The van der Waals surface area contributed by atoms with Crippen LogP contribution >= 0.6 is 0 Å². The average Bonchev–Trinajstić information content (AvgIpc) is 2.82. The number of hydrogen-bond acceptors (Lipinski definition) is 2. The van der Waals surface area contributed by atoms with Crippen molar-refractivity contribution in [1.82, 2.24) is 0 Å². The molecule has 2 nitrogen and oxygen atoms in total. The standard InChI is InChI=1S/C27H34F2O2/c1-3-5-18-6-15-25(31-16-18)20-9-7-19(8-10-20)23-13-14-24(27(29)26(23)28)21-11-12-22(4-2)30-17-21/h7-10,13-14,18,21-22,25H,3-6,11-12,15-17H2,1-2H3. The summed E-state index contributed by atoms with van der Waals surface area (Å²) >= 11 is 0. The van der Waals surface area contributed by atoms with Crippen molar-refractivity contribution in [1.29, 1.82) is 0 Å². The Morgan fingerprint density at radius 3 is 2.26 bits per heavy atom. The molecule has 2 heterocycles. The van der Waals surface area contributed by atoms with Crippen LogP contribution in [0.5, 0.6) is 0 Å². The molecule has 2 saturated heterocycles. The highest BCUT2D eigenvalue weighted by Crippen LogP contribution is 2.36. The van der Waals surface area contributed by atoms with E-state index in [4.69, 9.17) is 9.47 Å². The zero-order valence-electron chi connectivity index (χ0n) is 18.7. The van der Waals surface area contributed by atoms with Gasteiger partial charge in [0.25, 0.3) is 0 Å². The zero-order valence-corrected chi connectivity index (χ0v) is 18.7. The molecule has 0 spiro atoms. The lowest BCUT2D eigenvalue weighted by atomic mass is 9.88. The van der Waals surface area contributed by atoms with Crippen LogP contribution in [0, 0.1) is 17.6 Å². The van der Waals surface area contributed by atoms with E-state index in [2.05, 4.69) is 13.8 Å². The Labute approximate surface area is 185 Å². The molecule has 2 aliphatic heterocycles. The van der Waals surface area contributed by atoms with Crippen LogP contribution in [0.25, 0.3) is 11.1 Å². The first-order valence-electron chi connectivity index (χ1n) is 11.9. The van der Waals surface area contributed by atoms with Gasteiger partial charge in [0.05, 0.1) is 25.4 Å². The number of hydrogen-bond donors (Lipinski definition) is 0. The lowest BCUT2D eigenvalue weighted by molar-refractivity contribution is -0.0194. The van der Waals surface area contributed by atoms with Crippen molar-refractivity contribution in [3.63, 3.8) is 0 Å². The minimum absolute atomic E-state index is 0.0753. The minimum atomic E-state index is -0.765. The topological polar surface area (TPSA) is 18.5 Å². The summed E-state index contributed by atoms with van der Waals surface area (Å²) in [6.45, 7) is 5.58. The van der Waals surface area contributed by atoms with E-state index in [9.17, 15) is 8.78 Å². The quantitative estimate of drug-likeness (QED) is 0.472. The third-order valence-electron chi connectivity index (χ3n) is 7.04. The van der Waals surface area contributed by atoms with E-state index in [1.807, 2.05) is 24.3 Å². The molecule has 4 heteroatoms. The van der Waals surface area contributed by atoms with Crippen molar-refractivity contribution in [2.24, 2.45) is 5.92 Å². The first-order valence-corrected chi connectivity index (χ1v) is 11.9. The van der Waals surface area contributed by atoms with Crippen molar-refractivity contribution in [2.75, 3.05) is 13.2 Å². The van der Waals surface area contributed by atoms with Crippen LogP contribution in [-0.4, -0.2) is 19.3 Å². The highest BCUT2D eigenvalue weighted by atomic mass is 19.2. The lowest BCUT2D eigenvalue weighted by Crippen LogP contribution is -2.24. The lowest BCUT2D eigenvalue weighted by Gasteiger charge is -2.29. The molecule has 2 aromatic carbocycles. The molecule has 0 saturated carbocycles. The van der Waals surface area contributed by atoms with Crippen LogP contribution in [0.1, 0.15) is 81.9 Å². The van der Waals surface area contributed by atoms with E-state index < -0.39 is 11.6 Å². The van der Waals surface area contributed by atoms with Gasteiger partial charge in [0.2, 0.25) is 0 Å². The first kappa shape index (κ1) is 22.4. The van der Waals surface area contributed by atoms with E-state index in [1.54, 1.807) is 12.1 Å². The maximum atomic E-state index is 15.0. The van der Waals surface area contributed by atoms with Crippen molar-refractivity contribution in [3.05, 3.63) is 59.2 Å². The smallest absolute Gasteiger partial charge is 0.166 e. The van der Waals surface area contributed by atoms with Crippen molar-refractivity contribution < 1.29 is 18.3 Å². The average molecular weight is 429 g/mol. The van der Waals surface area contributed by atoms with Crippen LogP contribution in [0.15, 0.2) is 36.4 Å². The highest BCUT2D eigenvalue weighted by molar-refractivity contribution is 5.65. The minimum Gasteiger partial charge on any atom is -0.378 e. The molecule has 0 N–H and O–H groups in total. The summed E-state index contributed by atoms with van der Waals surface area (Å²) in [6, 6.07) is 11.2. The van der Waals surface area contributed by atoms with Gasteiger partial charge in [0.1, 0.15) is 0 Å². The van der Waals surface area contributed by atoms with Crippen LogP contribution in [0.3, 0.4) is 0 Å². The van der Waals surface area contributed by atoms with Crippen molar-refractivity contribution in [2.45, 2.75) is 76.9 Å². The van der Waals surface area contributed by atoms with Gasteiger partial charge < -0.3 is 9.47 Å². The van der Waals surface area contributed by atoms with Gasteiger partial charge >= 0.3 is 0 Å². The van der Waals surface area contributed by atoms with E-state index in [0.717, 1.165) is 37.9 Å². The van der Waals surface area contributed by atoms with Gasteiger partial charge in [-0.25, -0.2) is 8.78 Å². The van der Waals surface area contributed by atoms with Crippen molar-refractivity contribution in [3.8, 4) is 11.1 Å². The Kier molecular flexibility index (Phi) is 7.39. The monoisotopic (exact) mass is 428 g/mol. The van der Waals surface area contributed by atoms with Gasteiger partial charge in [-0.1, -0.05) is 56.7 Å². The SMILES string of the molecule is CCCC1CCC(c2ccc(-c3ccc(C4CCC(CC)OC4)c(F)c3F)cc2)OC1. The molecule has 0 amide bonds. The number of halogens is 2. The molecule has 0 bridgehead atoms. The Morgan fingerprint density at radius 1 is 0.839 bits per heavy atom. The number of rotatable bonds is 6. The summed E-state index contributed by atoms with van der Waals surface area (Å²) in [6.07, 6.45) is 7.66. The number of benzene rings is 2. The zero-order chi connectivity index (χ0) is 21.8. The summed E-state index contributed by atoms with van der Waals surface area (Å²) in [4.78, 5) is 0. The molecule has 0 aliphatic carbocycles. The highest BCUT2D eigenvalue weighted by Gasteiger charge is 2.27. The van der Waals surface area contributed by atoms with Gasteiger partial charge in [0, 0.05) is 11.5 Å². The Morgan fingerprint density at radius 2 is 1.65 bits per heavy atom. The third kappa shape index (κ3) is 5.01. The molecule has 2 aromatic rings. The number of ether oxygens (including phenoxy) is 2. The molecule has 31 heavy (non-hydrogen) atoms. The molecule has 2 aliphatic rings. The molecule has 4 atom stereocenters. The van der Waals surface area contributed by atoms with E-state index in [-0.39, 0.29) is 18.1 Å². The molecule has 4 unspecified atom stereocenters. The fourth-order valence-corrected chi connectivity index (χ4v) is 5.06. The largest absolute Gasteiger partial charge is 0.378 e. The van der Waals surface area contributed by atoms with Crippen molar-refractivity contribution >= 4 is 0 Å². The Bertz CT molecular complexity index is 848. The normalized spacial score (nSPS) is 26.7. The van der Waals surface area contributed by atoms with Gasteiger partial charge in [-0.05, 0) is 61.1 Å². The fraction of sp³-hybridized carbons (Fsp3) is 0.556. The summed E-state index contributed by atoms with van der Waals surface area (Å²) < 4.78 is 41.8. The summed E-state index contributed by atoms with van der Waals surface area (Å²) in [5, 5.41) is 0. The molecule has 4 rings (SSSR count). The molecule has 168 valence electrons. The van der Waals surface area contributed by atoms with Gasteiger partial charge in [-0.3, -0.25) is 0 Å². The molecular weight excluding hydrogens is 394 g/mol. The summed E-state index contributed by atoms with van der Waals surface area (Å²) in [7, 11) is 0. The molecular formula is C27H34F2O2. The second kappa shape index (κ2) is 10.2. The fourth-order valence-electron chi connectivity index (χ4n) is 5.06. The predicted molar refractivity (Wildman–Crippen MR) is 120 cm³/mol. The second-order valence-electron chi connectivity index (χ2n) is 9.14. The Hall–Kier alpha value is -1.78. The Balaban J connectivity index is 1.45. The van der Waals surface area contributed by atoms with E-state index in [1.165, 1.54) is 19.3 Å². The molecule has 0 aromatic heterocycles. The first-order chi connectivity index (χ1) is 15.1. The van der Waals surface area contributed by atoms with Crippen LogP contribution in [-0.2, 0) is 9.47 Å². The summed E-state index contributed by atoms with van der Waals surface area (Å²) in [5.74, 6) is -0.908. The van der Waals surface area contributed by atoms with Crippen LogP contribution in [0.2, 0.25) is 0 Å². The van der Waals surface area contributed by atoms with E-state index >= 15 is 0 Å². The summed E-state index contributed by atoms with van der Waals surface area (Å²) in [5.41, 5.74) is 2.55. The van der Waals surface area contributed by atoms with Crippen LogP contribution in [0.4, 0.5) is 8.78 Å². The molecule has 2 fully saturated rings.